The van der Waals surface area contributed by atoms with E-state index in [9.17, 15) is 9.59 Å². The molecule has 2 aromatic rings. The number of aliphatic imine (C=N–C) groups is 1. The van der Waals surface area contributed by atoms with Crippen LogP contribution in [0.4, 0.5) is 11.4 Å². The number of hydrogen-bond acceptors (Lipinski definition) is 4. The highest BCUT2D eigenvalue weighted by Crippen LogP contribution is 2.31. The van der Waals surface area contributed by atoms with Gasteiger partial charge in [-0.3, -0.25) is 9.59 Å². The first-order valence-corrected chi connectivity index (χ1v) is 9.42. The van der Waals surface area contributed by atoms with Crippen LogP contribution >= 0.6 is 35.0 Å². The maximum atomic E-state index is 12.2. The molecule has 1 atom stereocenters. The van der Waals surface area contributed by atoms with Gasteiger partial charge in [-0.1, -0.05) is 52.7 Å². The van der Waals surface area contributed by atoms with Crippen molar-refractivity contribution in [1.29, 1.82) is 0 Å². The summed E-state index contributed by atoms with van der Waals surface area (Å²) in [6.07, 6.45) is 0.0483. The highest BCUT2D eigenvalue weighted by atomic mass is 35.5. The van der Waals surface area contributed by atoms with Crippen LogP contribution in [0.15, 0.2) is 47.5 Å². The Bertz CT molecular complexity index is 885. The molecule has 1 fully saturated rings. The van der Waals surface area contributed by atoms with E-state index in [-0.39, 0.29) is 18.2 Å². The van der Waals surface area contributed by atoms with E-state index in [1.807, 2.05) is 31.2 Å². The molecular weight excluding hydrogens is 393 g/mol. The van der Waals surface area contributed by atoms with Gasteiger partial charge in [-0.05, 0) is 37.3 Å². The molecule has 2 aromatic carbocycles. The summed E-state index contributed by atoms with van der Waals surface area (Å²) in [5, 5.41) is 6.23. The average molecular weight is 408 g/mol. The van der Waals surface area contributed by atoms with E-state index in [0.29, 0.717) is 26.6 Å². The number of carbonyl (C=O) groups is 2. The Hall–Kier alpha value is -2.02. The Balaban J connectivity index is 1.64. The van der Waals surface area contributed by atoms with Crippen LogP contribution in [0.25, 0.3) is 0 Å². The molecule has 0 saturated carbocycles. The fourth-order valence-corrected chi connectivity index (χ4v) is 3.60. The van der Waals surface area contributed by atoms with Gasteiger partial charge >= 0.3 is 0 Å². The van der Waals surface area contributed by atoms with Crippen molar-refractivity contribution in [2.45, 2.75) is 18.6 Å². The highest BCUT2D eigenvalue weighted by molar-refractivity contribution is 8.15. The van der Waals surface area contributed by atoms with E-state index >= 15 is 0 Å². The summed E-state index contributed by atoms with van der Waals surface area (Å²) in [5.74, 6) is -0.491. The number of carbonyl (C=O) groups excluding carboxylic acids is 2. The monoisotopic (exact) mass is 407 g/mol. The minimum absolute atomic E-state index is 0.0483. The summed E-state index contributed by atoms with van der Waals surface area (Å²) in [6.45, 7) is 1.97. The van der Waals surface area contributed by atoms with Gasteiger partial charge in [0.05, 0.1) is 10.7 Å². The molecule has 0 spiro atoms. The van der Waals surface area contributed by atoms with Crippen LogP contribution in [0.1, 0.15) is 12.0 Å². The molecule has 1 heterocycles. The Labute approximate surface area is 165 Å². The number of halogens is 2. The highest BCUT2D eigenvalue weighted by Gasteiger charge is 2.32. The predicted octanol–water partition coefficient (Wildman–Crippen LogP) is 4.55. The molecule has 0 aromatic heterocycles. The number of hydrogen-bond donors (Lipinski definition) is 2. The molecule has 1 unspecified atom stereocenters. The number of benzene rings is 2. The van der Waals surface area contributed by atoms with Gasteiger partial charge in [0.2, 0.25) is 11.8 Å². The van der Waals surface area contributed by atoms with E-state index < -0.39 is 5.25 Å². The number of anilines is 1. The molecule has 2 N–H and O–H groups in total. The fraction of sp³-hybridized carbons (Fsp3) is 0.167. The average Bonchev–Trinajstić information content (AvgIpc) is 2.92. The van der Waals surface area contributed by atoms with E-state index in [2.05, 4.69) is 15.6 Å². The van der Waals surface area contributed by atoms with E-state index in [4.69, 9.17) is 23.2 Å². The van der Waals surface area contributed by atoms with Crippen LogP contribution in [0, 0.1) is 6.92 Å². The summed E-state index contributed by atoms with van der Waals surface area (Å²) in [6, 6.07) is 12.4. The van der Waals surface area contributed by atoms with Crippen molar-refractivity contribution < 1.29 is 9.59 Å². The first-order chi connectivity index (χ1) is 12.4. The first-order valence-electron chi connectivity index (χ1n) is 7.78. The van der Waals surface area contributed by atoms with Crippen LogP contribution in [-0.4, -0.2) is 22.2 Å². The quantitative estimate of drug-likeness (QED) is 0.780. The molecule has 8 heteroatoms. The summed E-state index contributed by atoms with van der Waals surface area (Å²) in [4.78, 5) is 28.6. The lowest BCUT2D eigenvalue weighted by atomic mass is 10.2. The number of aryl methyl sites for hydroxylation is 1. The molecule has 0 bridgehead atoms. The molecule has 1 saturated heterocycles. The van der Waals surface area contributed by atoms with Crippen LogP contribution in [0.5, 0.6) is 0 Å². The number of rotatable bonds is 4. The lowest BCUT2D eigenvalue weighted by Crippen LogP contribution is -2.28. The van der Waals surface area contributed by atoms with Gasteiger partial charge in [-0.15, -0.1) is 0 Å². The number of thioether (sulfide) groups is 1. The van der Waals surface area contributed by atoms with Gasteiger partial charge in [0, 0.05) is 17.1 Å². The second-order valence-corrected chi connectivity index (χ2v) is 7.76. The summed E-state index contributed by atoms with van der Waals surface area (Å²) < 4.78 is 0. The number of nitrogens with zero attached hydrogens (tertiary/aromatic N) is 1. The zero-order chi connectivity index (χ0) is 18.7. The van der Waals surface area contributed by atoms with Crippen LogP contribution in [-0.2, 0) is 9.59 Å². The molecule has 2 amide bonds. The zero-order valence-electron chi connectivity index (χ0n) is 13.8. The second kappa shape index (κ2) is 8.12. The van der Waals surface area contributed by atoms with Crippen molar-refractivity contribution in [2.75, 3.05) is 5.32 Å². The summed E-state index contributed by atoms with van der Waals surface area (Å²) >= 11 is 13.2. The Morgan fingerprint density at radius 2 is 1.96 bits per heavy atom. The van der Waals surface area contributed by atoms with Gasteiger partial charge < -0.3 is 10.6 Å². The van der Waals surface area contributed by atoms with Crippen molar-refractivity contribution in [2.24, 2.45) is 4.99 Å². The molecule has 26 heavy (non-hydrogen) atoms. The number of nitrogens with one attached hydrogen (secondary N) is 2. The lowest BCUT2D eigenvalue weighted by molar-refractivity contribution is -0.122. The molecule has 1 aliphatic rings. The molecule has 134 valence electrons. The molecular formula is C18H15Cl2N3O2S. The Kier molecular flexibility index (Phi) is 5.86. The van der Waals surface area contributed by atoms with Gasteiger partial charge in [0.25, 0.3) is 0 Å². The maximum Gasteiger partial charge on any atom is 0.240 e. The third kappa shape index (κ3) is 4.78. The minimum Gasteiger partial charge on any atom is -0.326 e. The fourth-order valence-electron chi connectivity index (χ4n) is 2.29. The Morgan fingerprint density at radius 1 is 1.23 bits per heavy atom. The van der Waals surface area contributed by atoms with Crippen molar-refractivity contribution in [3.05, 3.63) is 58.1 Å². The number of amidine groups is 1. The summed E-state index contributed by atoms with van der Waals surface area (Å²) in [5.41, 5.74) is 2.27. The predicted molar refractivity (Wildman–Crippen MR) is 108 cm³/mol. The standard InChI is InChI=1S/C18H15Cl2N3O2S/c1-10-2-5-12(6-3-10)21-16(24)9-15-17(25)23-18(26-15)22-14-8-11(19)4-7-13(14)20/h2-8,15H,9H2,1H3,(H,21,24)(H,22,23,25). The van der Waals surface area contributed by atoms with Crippen molar-refractivity contribution in [3.63, 3.8) is 0 Å². The maximum absolute atomic E-state index is 12.2. The van der Waals surface area contributed by atoms with Crippen molar-refractivity contribution >= 4 is 63.3 Å². The van der Waals surface area contributed by atoms with Gasteiger partial charge in [0.15, 0.2) is 5.17 Å². The normalized spacial score (nSPS) is 18.0. The minimum atomic E-state index is -0.544. The molecule has 3 rings (SSSR count). The zero-order valence-corrected chi connectivity index (χ0v) is 16.1. The Morgan fingerprint density at radius 3 is 2.69 bits per heavy atom. The van der Waals surface area contributed by atoms with Crippen LogP contribution < -0.4 is 10.6 Å². The van der Waals surface area contributed by atoms with Gasteiger partial charge in [0.1, 0.15) is 5.25 Å². The van der Waals surface area contributed by atoms with E-state index in [0.717, 1.165) is 5.56 Å². The molecule has 1 aliphatic heterocycles. The van der Waals surface area contributed by atoms with E-state index in [1.54, 1.807) is 18.2 Å². The SMILES string of the molecule is Cc1ccc(NC(=O)CC2SC(=Nc3cc(Cl)ccc3Cl)NC2=O)cc1. The number of amides is 2. The van der Waals surface area contributed by atoms with E-state index in [1.165, 1.54) is 11.8 Å². The first kappa shape index (κ1) is 18.8. The lowest BCUT2D eigenvalue weighted by Gasteiger charge is -2.07. The smallest absolute Gasteiger partial charge is 0.240 e. The topological polar surface area (TPSA) is 70.6 Å². The van der Waals surface area contributed by atoms with Crippen LogP contribution in [0.3, 0.4) is 0 Å². The summed E-state index contributed by atoms with van der Waals surface area (Å²) in [7, 11) is 0. The van der Waals surface area contributed by atoms with Crippen LogP contribution in [0.2, 0.25) is 10.0 Å². The third-order valence-electron chi connectivity index (χ3n) is 3.61. The second-order valence-electron chi connectivity index (χ2n) is 5.73. The molecule has 0 aliphatic carbocycles. The largest absolute Gasteiger partial charge is 0.326 e. The molecule has 5 nitrogen and oxygen atoms in total. The molecule has 0 radical (unpaired) electrons. The van der Waals surface area contributed by atoms with Gasteiger partial charge in [-0.25, -0.2) is 4.99 Å². The third-order valence-corrected chi connectivity index (χ3v) is 5.25. The van der Waals surface area contributed by atoms with Crippen molar-refractivity contribution in [1.82, 2.24) is 5.32 Å². The van der Waals surface area contributed by atoms with Gasteiger partial charge in [-0.2, -0.15) is 0 Å². The van der Waals surface area contributed by atoms with Crippen molar-refractivity contribution in [3.8, 4) is 0 Å².